The van der Waals surface area contributed by atoms with Crippen molar-refractivity contribution in [2.24, 2.45) is 0 Å². The molecule has 0 saturated heterocycles. The van der Waals surface area contributed by atoms with Gasteiger partial charge in [0.05, 0.1) is 16.7 Å². The van der Waals surface area contributed by atoms with Crippen molar-refractivity contribution >= 4 is 36.5 Å². The maximum absolute atomic E-state index is 9.62. The van der Waals surface area contributed by atoms with Crippen LogP contribution in [-0.2, 0) is 38.5 Å². The molecule has 6 aliphatic rings. The third kappa shape index (κ3) is 12.2. The number of benzene rings is 3. The van der Waals surface area contributed by atoms with Crippen molar-refractivity contribution in [3.8, 4) is 104 Å². The minimum Gasteiger partial charge on any atom is -0.244 e. The molecule has 6 aliphatic carbocycles. The second-order valence-electron chi connectivity index (χ2n) is 24.0. The number of aryl methyl sites for hydroxylation is 4. The van der Waals surface area contributed by atoms with Gasteiger partial charge in [0.2, 0.25) is 0 Å². The summed E-state index contributed by atoms with van der Waals surface area (Å²) in [6.45, 7) is 51.9. The summed E-state index contributed by atoms with van der Waals surface area (Å²) in [5, 5.41) is 62.1. The van der Waals surface area contributed by atoms with Gasteiger partial charge in [-0.15, -0.1) is 0 Å². The Labute approximate surface area is 603 Å². The number of fused-ring (bicyclic) bond motifs is 6. The first-order valence-electron chi connectivity index (χ1n) is 31.9. The van der Waals surface area contributed by atoms with Gasteiger partial charge in [-0.2, -0.15) is 60.6 Å². The summed E-state index contributed by atoms with van der Waals surface area (Å²) in [4.78, 5) is 82.3. The monoisotopic (exact) mass is 1370 g/mol. The van der Waals surface area contributed by atoms with E-state index in [9.17, 15) is 31.6 Å². The van der Waals surface area contributed by atoms with E-state index in [2.05, 4.69) is 98.8 Å². The van der Waals surface area contributed by atoms with Crippen LogP contribution in [0.4, 0.5) is 0 Å². The van der Waals surface area contributed by atoms with Crippen LogP contribution in [0.25, 0.3) is 133 Å². The fourth-order valence-corrected chi connectivity index (χ4v) is 14.0. The van der Waals surface area contributed by atoms with Crippen LogP contribution in [0.15, 0.2) is 142 Å². The standard InChI is InChI=1S/C28H18N10.2C26H12N8/c1-13-33-14(2)36-27(35-13)24-20-7-17(19(11-29)12-30)8-21(20)25(28-37-15(3)34-16(4)38-28)23-10-18(9-22(23)24)26(31-5)32-6;1-29-26(30-2)16-5-22-23(6-16)25(19-11-33-14-34-12-19)21-4-15(17(7-27)8-28)3-20(21)24(22)18-9-31-13-32-10-18;1-29-24(30-2)16-11-20-21(12-16)23(26-33-7-4-8-34-26)19-10-15(17(13-27)14-28)9-18(19)22(20)25-31-5-3-6-32-25/h7,10H,8-9H2,1-4H3;3,6,9-14H,4-5H2;3-9,12H,10-11H2. The molecule has 0 N–H and O–H groups in total. The third-order valence-corrected chi connectivity index (χ3v) is 18.1. The maximum Gasteiger partial charge on any atom is 0.522 e. The van der Waals surface area contributed by atoms with Gasteiger partial charge in [-0.1, -0.05) is 18.2 Å². The second kappa shape index (κ2) is 28.8. The lowest BCUT2D eigenvalue weighted by molar-refractivity contribution is 0.919. The summed E-state index contributed by atoms with van der Waals surface area (Å²) in [6, 6.07) is 15.4. The van der Waals surface area contributed by atoms with Crippen LogP contribution < -0.4 is 31.3 Å². The number of nitrogens with zero attached hydrogens (tertiary/aromatic N) is 26. The van der Waals surface area contributed by atoms with E-state index >= 15 is 0 Å². The molecule has 0 radical (unpaired) electrons. The zero-order chi connectivity index (χ0) is 74.4. The van der Waals surface area contributed by atoms with Crippen molar-refractivity contribution in [1.82, 2.24) is 69.8 Å². The molecule has 492 valence electrons. The van der Waals surface area contributed by atoms with Crippen LogP contribution >= 0.6 is 0 Å². The molecule has 0 spiro atoms. The first-order chi connectivity index (χ1) is 51.7. The Morgan fingerprint density at radius 1 is 0.311 bits per heavy atom. The quantitative estimate of drug-likeness (QED) is 0.112. The molecule has 26 nitrogen and oxygen atoms in total. The molecule has 15 rings (SSSR count). The molecule has 3 aromatic carbocycles. The van der Waals surface area contributed by atoms with Gasteiger partial charge in [0.25, 0.3) is 0 Å². The summed E-state index contributed by atoms with van der Waals surface area (Å²) in [6.07, 6.45) is 29.6. The highest BCUT2D eigenvalue weighted by molar-refractivity contribution is 5.89. The lowest BCUT2D eigenvalue weighted by Crippen LogP contribution is -2.25. The van der Waals surface area contributed by atoms with E-state index in [1.165, 1.54) is 12.7 Å². The van der Waals surface area contributed by atoms with Gasteiger partial charge in [0.15, 0.2) is 23.3 Å². The highest BCUT2D eigenvalue weighted by atomic mass is 15.0. The van der Waals surface area contributed by atoms with Crippen molar-refractivity contribution in [2.45, 2.75) is 66.2 Å². The van der Waals surface area contributed by atoms with Crippen molar-refractivity contribution in [3.63, 3.8) is 0 Å². The molecule has 0 unspecified atom stereocenters. The Morgan fingerprint density at radius 3 is 0.792 bits per heavy atom. The third-order valence-electron chi connectivity index (χ3n) is 18.1. The average Bonchev–Trinajstić information content (AvgIpc) is 1.56. The highest BCUT2D eigenvalue weighted by Crippen LogP contribution is 2.38. The Balaban J connectivity index is 0.000000141. The average molecular weight is 1370 g/mol. The molecule has 0 atom stereocenters. The topological polar surface area (TPSA) is 349 Å². The SMILES string of the molecule is [C-]#[N+]C([N+]#[C-])=C1C=c2c(c(-c3cncnc3)c3c(c2-c2cncnc2)CC(=C(C#N)C#N)C=3)C1.[C-]#[N+]C([N+]#[C-])=C1C=c2c(c(-c3nc(C)nc(C)n3)c3c(c2-c2nc(C)nc(C)n2)CC(=C(C#N)C#N)C=3)C1.[C-]#[N+]C([N+]#[C-])=C1C=c2c(c(-c3ncccn3)c3c(c2-c2ncccn2)CC(=C(C#N)C#N)C=3)C1. The van der Waals surface area contributed by atoms with Crippen molar-refractivity contribution in [1.29, 1.82) is 31.6 Å². The molecule has 0 aliphatic heterocycles. The molecular formula is C80H42N26. The Bertz CT molecular complexity index is 5870. The normalized spacial score (nSPS) is 12.7. The first-order valence-corrected chi connectivity index (χ1v) is 31.9. The van der Waals surface area contributed by atoms with E-state index in [4.69, 9.17) is 39.4 Å². The Morgan fingerprint density at radius 2 is 0.538 bits per heavy atom. The maximum atomic E-state index is 9.62. The fraction of sp³-hybridized carbons (Fsp3) is 0.125. The zero-order valence-corrected chi connectivity index (χ0v) is 56.3. The smallest absolute Gasteiger partial charge is 0.244 e. The summed E-state index contributed by atoms with van der Waals surface area (Å²) in [5.74, 6) is 4.11. The van der Waals surface area contributed by atoms with Gasteiger partial charge in [-0.05, 0) is 170 Å². The summed E-state index contributed by atoms with van der Waals surface area (Å²) in [5.41, 5.74) is 15.3. The van der Waals surface area contributed by atoms with Crippen LogP contribution in [0.5, 0.6) is 0 Å². The van der Waals surface area contributed by atoms with Crippen LogP contribution in [0.3, 0.4) is 0 Å². The summed E-state index contributed by atoms with van der Waals surface area (Å²) < 4.78 is 0. The van der Waals surface area contributed by atoms with Gasteiger partial charge in [-0.25, -0.2) is 69.8 Å². The van der Waals surface area contributed by atoms with Crippen LogP contribution in [-0.4, -0.2) is 69.8 Å². The largest absolute Gasteiger partial charge is 0.522 e. The molecule has 106 heavy (non-hydrogen) atoms. The van der Waals surface area contributed by atoms with E-state index < -0.39 is 0 Å². The summed E-state index contributed by atoms with van der Waals surface area (Å²) >= 11 is 0. The van der Waals surface area contributed by atoms with E-state index in [1.807, 2.05) is 72.9 Å². The molecule has 0 fully saturated rings. The Hall–Kier alpha value is -16.5. The lowest BCUT2D eigenvalue weighted by Gasteiger charge is -2.15. The molecule has 0 bridgehead atoms. The Kier molecular flexibility index (Phi) is 18.5. The fourth-order valence-electron chi connectivity index (χ4n) is 14.0. The van der Waals surface area contributed by atoms with E-state index in [0.717, 1.165) is 109 Å². The number of aromatic nitrogens is 14. The first kappa shape index (κ1) is 68.1. The minimum atomic E-state index is -0.00918. The van der Waals surface area contributed by atoms with Gasteiger partial charge in [-0.3, -0.25) is 0 Å². The molecule has 0 amide bonds. The predicted octanol–water partition coefficient (Wildman–Crippen LogP) is 8.03. The number of allylic oxidation sites excluding steroid dienone is 9. The van der Waals surface area contributed by atoms with Crippen molar-refractivity contribution in [2.75, 3.05) is 0 Å². The van der Waals surface area contributed by atoms with E-state index in [1.54, 1.807) is 89.4 Å². The van der Waals surface area contributed by atoms with Gasteiger partial charge in [0.1, 0.15) is 129 Å². The molecule has 9 aromatic rings. The van der Waals surface area contributed by atoms with E-state index in [0.29, 0.717) is 119 Å². The zero-order valence-electron chi connectivity index (χ0n) is 56.3. The molecule has 26 heteroatoms. The van der Waals surface area contributed by atoms with Crippen LogP contribution in [0.2, 0.25) is 0 Å². The van der Waals surface area contributed by atoms with Crippen LogP contribution in [0.1, 0.15) is 56.7 Å². The number of nitriles is 6. The minimum absolute atomic E-state index is 0.00918. The van der Waals surface area contributed by atoms with Crippen molar-refractivity contribution < 1.29 is 0 Å². The van der Waals surface area contributed by atoms with E-state index in [-0.39, 0.29) is 34.2 Å². The molecule has 6 heterocycles. The number of hydrogen-bond donors (Lipinski definition) is 0. The molecular weight excluding hydrogens is 1330 g/mol. The van der Waals surface area contributed by atoms with Crippen molar-refractivity contribution in [3.05, 3.63) is 298 Å². The number of rotatable bonds is 6. The lowest BCUT2D eigenvalue weighted by atomic mass is 9.89. The van der Waals surface area contributed by atoms with Gasteiger partial charge >= 0.3 is 17.5 Å². The number of hydrogen-bond acceptors (Lipinski definition) is 20. The second-order valence-corrected chi connectivity index (χ2v) is 24.0. The summed E-state index contributed by atoms with van der Waals surface area (Å²) in [7, 11) is 0. The predicted molar refractivity (Wildman–Crippen MR) is 382 cm³/mol. The van der Waals surface area contributed by atoms with Gasteiger partial charge < -0.3 is 0 Å². The van der Waals surface area contributed by atoms with Gasteiger partial charge in [0, 0.05) is 102 Å². The van der Waals surface area contributed by atoms with Crippen LogP contribution in [0, 0.1) is 135 Å². The molecule has 0 saturated carbocycles. The highest BCUT2D eigenvalue weighted by Gasteiger charge is 2.35. The molecule has 6 aromatic heterocycles.